The Bertz CT molecular complexity index is 455. The molecule has 1 rings (SSSR count). The minimum atomic E-state index is -3.35. The fourth-order valence-electron chi connectivity index (χ4n) is 1.33. The maximum Gasteiger partial charge on any atom is 0.234 e. The van der Waals surface area contributed by atoms with Crippen LogP contribution < -0.4 is 10.0 Å². The molecule has 1 aromatic carbocycles. The highest BCUT2D eigenvalue weighted by Crippen LogP contribution is 2.14. The van der Waals surface area contributed by atoms with Gasteiger partial charge in [0, 0.05) is 18.4 Å². The van der Waals surface area contributed by atoms with Crippen LogP contribution in [0.15, 0.2) is 24.3 Å². The molecule has 0 aliphatic carbocycles. The second-order valence-corrected chi connectivity index (χ2v) is 6.01. The number of sulfonamides is 1. The molecule has 0 saturated heterocycles. The van der Waals surface area contributed by atoms with Crippen molar-refractivity contribution in [2.75, 3.05) is 29.4 Å². The predicted octanol–water partition coefficient (Wildman–Crippen LogP) is 1.89. The van der Waals surface area contributed by atoms with Gasteiger partial charge in [-0.05, 0) is 38.1 Å². The summed E-state index contributed by atoms with van der Waals surface area (Å²) in [6.07, 6.45) is 0.0371. The Hall–Kier alpha value is -1.27. The van der Waals surface area contributed by atoms with Gasteiger partial charge >= 0.3 is 0 Å². The number of rotatable bonds is 7. The molecule has 0 heterocycles. The van der Waals surface area contributed by atoms with Crippen molar-refractivity contribution >= 4 is 21.4 Å². The summed E-state index contributed by atoms with van der Waals surface area (Å²) in [5.74, 6) is -0.0427. The second kappa shape index (κ2) is 6.61. The van der Waals surface area contributed by atoms with Gasteiger partial charge in [0.15, 0.2) is 0 Å². The molecule has 0 atom stereocenters. The van der Waals surface area contributed by atoms with Gasteiger partial charge in [-0.2, -0.15) is 0 Å². The standard InChI is InChI=1S/C12H20N2O3S/c1-10(2)17-8-9-18(15,16)14-12-6-4-11(13-3)5-7-12/h4-7,10,13-14H,8-9H2,1-3H3. The van der Waals surface area contributed by atoms with Gasteiger partial charge in [-0.15, -0.1) is 0 Å². The maximum atomic E-state index is 11.7. The molecule has 0 unspecified atom stereocenters. The number of ether oxygens (including phenoxy) is 1. The fourth-order valence-corrected chi connectivity index (χ4v) is 2.24. The van der Waals surface area contributed by atoms with E-state index in [9.17, 15) is 8.42 Å². The van der Waals surface area contributed by atoms with E-state index in [0.29, 0.717) is 5.69 Å². The van der Waals surface area contributed by atoms with E-state index in [4.69, 9.17) is 4.74 Å². The van der Waals surface area contributed by atoms with E-state index < -0.39 is 10.0 Å². The Morgan fingerprint density at radius 2 is 1.72 bits per heavy atom. The monoisotopic (exact) mass is 272 g/mol. The SMILES string of the molecule is CNc1ccc(NS(=O)(=O)CCOC(C)C)cc1. The van der Waals surface area contributed by atoms with E-state index in [1.165, 1.54) is 0 Å². The molecule has 18 heavy (non-hydrogen) atoms. The molecule has 0 aliphatic heterocycles. The number of hydrogen-bond donors (Lipinski definition) is 2. The lowest BCUT2D eigenvalue weighted by molar-refractivity contribution is 0.0913. The number of nitrogens with one attached hydrogen (secondary N) is 2. The average molecular weight is 272 g/mol. The van der Waals surface area contributed by atoms with Crippen molar-refractivity contribution in [2.24, 2.45) is 0 Å². The van der Waals surface area contributed by atoms with Crippen molar-refractivity contribution in [3.05, 3.63) is 24.3 Å². The Morgan fingerprint density at radius 3 is 2.22 bits per heavy atom. The first kappa shape index (κ1) is 14.8. The molecule has 102 valence electrons. The smallest absolute Gasteiger partial charge is 0.234 e. The minimum absolute atomic E-state index is 0.0371. The molecule has 6 heteroatoms. The molecular formula is C12H20N2O3S. The van der Waals surface area contributed by atoms with E-state index >= 15 is 0 Å². The van der Waals surface area contributed by atoms with Gasteiger partial charge in [0.1, 0.15) is 0 Å². The summed E-state index contributed by atoms with van der Waals surface area (Å²) in [4.78, 5) is 0. The maximum absolute atomic E-state index is 11.7. The van der Waals surface area contributed by atoms with Crippen LogP contribution in [-0.4, -0.2) is 33.9 Å². The average Bonchev–Trinajstić information content (AvgIpc) is 2.28. The van der Waals surface area contributed by atoms with Gasteiger partial charge in [-0.1, -0.05) is 0 Å². The van der Waals surface area contributed by atoms with Crippen molar-refractivity contribution < 1.29 is 13.2 Å². The van der Waals surface area contributed by atoms with Crippen molar-refractivity contribution in [3.8, 4) is 0 Å². The number of anilines is 2. The van der Waals surface area contributed by atoms with Gasteiger partial charge in [0.2, 0.25) is 10.0 Å². The zero-order valence-corrected chi connectivity index (χ0v) is 11.8. The van der Waals surface area contributed by atoms with Crippen LogP contribution in [0, 0.1) is 0 Å². The zero-order chi connectivity index (χ0) is 13.6. The molecule has 0 radical (unpaired) electrons. The van der Waals surface area contributed by atoms with Crippen LogP contribution >= 0.6 is 0 Å². The molecule has 2 N–H and O–H groups in total. The van der Waals surface area contributed by atoms with Gasteiger partial charge in [-0.25, -0.2) is 8.42 Å². The lowest BCUT2D eigenvalue weighted by atomic mass is 10.3. The fraction of sp³-hybridized carbons (Fsp3) is 0.500. The van der Waals surface area contributed by atoms with Crippen LogP contribution in [0.4, 0.5) is 11.4 Å². The van der Waals surface area contributed by atoms with E-state index in [0.717, 1.165) is 5.69 Å². The summed E-state index contributed by atoms with van der Waals surface area (Å²) in [5.41, 5.74) is 1.49. The summed E-state index contributed by atoms with van der Waals surface area (Å²) in [6.45, 7) is 3.94. The number of benzene rings is 1. The molecule has 0 aliphatic rings. The summed E-state index contributed by atoms with van der Waals surface area (Å²) in [6, 6.07) is 7.05. The normalized spacial score (nSPS) is 11.6. The highest BCUT2D eigenvalue weighted by Gasteiger charge is 2.10. The summed E-state index contributed by atoms with van der Waals surface area (Å²) >= 11 is 0. The van der Waals surface area contributed by atoms with Gasteiger partial charge in [0.05, 0.1) is 18.5 Å². The minimum Gasteiger partial charge on any atom is -0.388 e. The van der Waals surface area contributed by atoms with Gasteiger partial charge in [-0.3, -0.25) is 4.72 Å². The predicted molar refractivity (Wildman–Crippen MR) is 74.5 cm³/mol. The highest BCUT2D eigenvalue weighted by molar-refractivity contribution is 7.92. The first-order valence-corrected chi connectivity index (χ1v) is 7.48. The van der Waals surface area contributed by atoms with Crippen LogP contribution in [0.1, 0.15) is 13.8 Å². The molecule has 0 aromatic heterocycles. The first-order chi connectivity index (χ1) is 8.43. The van der Waals surface area contributed by atoms with E-state index in [1.807, 2.05) is 33.0 Å². The van der Waals surface area contributed by atoms with E-state index in [-0.39, 0.29) is 18.5 Å². The lowest BCUT2D eigenvalue weighted by Crippen LogP contribution is -2.21. The Balaban J connectivity index is 2.53. The van der Waals surface area contributed by atoms with Crippen LogP contribution in [0.25, 0.3) is 0 Å². The Kier molecular flexibility index (Phi) is 5.43. The quantitative estimate of drug-likeness (QED) is 0.795. The van der Waals surface area contributed by atoms with Crippen LogP contribution in [0.3, 0.4) is 0 Å². The summed E-state index contributed by atoms with van der Waals surface area (Å²) in [7, 11) is -1.54. The molecule has 0 amide bonds. The molecule has 0 fully saturated rings. The third-order valence-corrected chi connectivity index (χ3v) is 3.50. The van der Waals surface area contributed by atoms with E-state index in [2.05, 4.69) is 10.0 Å². The second-order valence-electron chi connectivity index (χ2n) is 4.17. The van der Waals surface area contributed by atoms with E-state index in [1.54, 1.807) is 12.1 Å². The molecular weight excluding hydrogens is 252 g/mol. The topological polar surface area (TPSA) is 67.4 Å². The lowest BCUT2D eigenvalue weighted by Gasteiger charge is -2.10. The zero-order valence-electron chi connectivity index (χ0n) is 10.9. The Morgan fingerprint density at radius 1 is 1.17 bits per heavy atom. The molecule has 5 nitrogen and oxygen atoms in total. The highest BCUT2D eigenvalue weighted by atomic mass is 32.2. The van der Waals surface area contributed by atoms with Crippen molar-refractivity contribution in [2.45, 2.75) is 20.0 Å². The molecule has 0 saturated carbocycles. The first-order valence-electron chi connectivity index (χ1n) is 5.83. The molecule has 0 bridgehead atoms. The molecule has 0 spiro atoms. The van der Waals surface area contributed by atoms with Gasteiger partial charge in [0.25, 0.3) is 0 Å². The summed E-state index contributed by atoms with van der Waals surface area (Å²) < 4.78 is 31.2. The van der Waals surface area contributed by atoms with Crippen LogP contribution in [0.5, 0.6) is 0 Å². The van der Waals surface area contributed by atoms with Crippen molar-refractivity contribution in [3.63, 3.8) is 0 Å². The van der Waals surface area contributed by atoms with Crippen LogP contribution in [0.2, 0.25) is 0 Å². The Labute approximate surface area is 109 Å². The third-order valence-electron chi connectivity index (χ3n) is 2.25. The molecule has 1 aromatic rings. The van der Waals surface area contributed by atoms with Gasteiger partial charge < -0.3 is 10.1 Å². The van der Waals surface area contributed by atoms with Crippen molar-refractivity contribution in [1.82, 2.24) is 0 Å². The van der Waals surface area contributed by atoms with Crippen molar-refractivity contribution in [1.29, 1.82) is 0 Å². The third kappa shape index (κ3) is 5.37. The van der Waals surface area contributed by atoms with Crippen LogP contribution in [-0.2, 0) is 14.8 Å². The number of hydrogen-bond acceptors (Lipinski definition) is 4. The summed E-state index contributed by atoms with van der Waals surface area (Å²) in [5, 5.41) is 2.97. The largest absolute Gasteiger partial charge is 0.388 e.